The molecule has 1 aromatic rings. The van der Waals surface area contributed by atoms with Gasteiger partial charge in [-0.3, -0.25) is 0 Å². The number of alkyl halides is 1. The predicted octanol–water partition coefficient (Wildman–Crippen LogP) is 4.60. The normalized spacial score (nSPS) is 15.9. The Morgan fingerprint density at radius 2 is 2.00 bits per heavy atom. The van der Waals surface area contributed by atoms with Crippen molar-refractivity contribution in [3.63, 3.8) is 0 Å². The lowest BCUT2D eigenvalue weighted by molar-refractivity contribution is 0.297. The van der Waals surface area contributed by atoms with Crippen LogP contribution in [0.15, 0.2) is 23.1 Å². The quantitative estimate of drug-likeness (QED) is 0.565. The number of fused-ring (bicyclic) bond motifs is 1. The Labute approximate surface area is 124 Å². The van der Waals surface area contributed by atoms with Gasteiger partial charge in [0, 0.05) is 17.2 Å². The maximum atomic E-state index is 5.75. The fourth-order valence-electron chi connectivity index (χ4n) is 1.94. The molecule has 2 nitrogen and oxygen atoms in total. The van der Waals surface area contributed by atoms with Crippen molar-refractivity contribution in [3.05, 3.63) is 18.2 Å². The molecule has 0 saturated carbocycles. The van der Waals surface area contributed by atoms with Crippen LogP contribution in [0.1, 0.15) is 26.2 Å². The van der Waals surface area contributed by atoms with Gasteiger partial charge in [0.15, 0.2) is 11.5 Å². The molecule has 1 heterocycles. The number of halogens is 1. The van der Waals surface area contributed by atoms with Crippen molar-refractivity contribution in [2.45, 2.75) is 31.1 Å². The highest BCUT2D eigenvalue weighted by Gasteiger charge is 2.11. The molecule has 0 aliphatic carbocycles. The number of hydrogen-bond donors (Lipinski definition) is 0. The van der Waals surface area contributed by atoms with Crippen LogP contribution in [0.4, 0.5) is 0 Å². The lowest BCUT2D eigenvalue weighted by Gasteiger charge is -2.11. The minimum Gasteiger partial charge on any atom is -0.490 e. The molecule has 0 spiro atoms. The lowest BCUT2D eigenvalue weighted by atomic mass is 10.1. The maximum absolute atomic E-state index is 5.75. The van der Waals surface area contributed by atoms with Crippen molar-refractivity contribution >= 4 is 23.4 Å². The molecule has 0 radical (unpaired) electrons. The van der Waals surface area contributed by atoms with Crippen molar-refractivity contribution in [2.75, 3.05) is 24.8 Å². The second-order valence-corrected chi connectivity index (χ2v) is 6.43. The molecule has 4 heteroatoms. The summed E-state index contributed by atoms with van der Waals surface area (Å²) in [6, 6.07) is 6.23. The second-order valence-electron chi connectivity index (χ2n) is 4.88. The first-order valence-corrected chi connectivity index (χ1v) is 8.40. The number of thioether (sulfide) groups is 1. The van der Waals surface area contributed by atoms with E-state index < -0.39 is 0 Å². The van der Waals surface area contributed by atoms with Gasteiger partial charge in [-0.2, -0.15) is 0 Å². The third-order valence-electron chi connectivity index (χ3n) is 3.20. The lowest BCUT2D eigenvalue weighted by Crippen LogP contribution is -1.97. The van der Waals surface area contributed by atoms with E-state index in [0.29, 0.717) is 5.92 Å². The SMILES string of the molecule is CC(CCCl)CCSc1ccc2c(c1)OCCCO2. The van der Waals surface area contributed by atoms with Crippen LogP contribution in [0.25, 0.3) is 0 Å². The second kappa shape index (κ2) is 7.91. The van der Waals surface area contributed by atoms with Crippen molar-refractivity contribution in [1.82, 2.24) is 0 Å². The van der Waals surface area contributed by atoms with Crippen LogP contribution in [-0.2, 0) is 0 Å². The van der Waals surface area contributed by atoms with Gasteiger partial charge in [-0.15, -0.1) is 23.4 Å². The highest BCUT2D eigenvalue weighted by atomic mass is 35.5. The third-order valence-corrected chi connectivity index (χ3v) is 4.45. The first kappa shape index (κ1) is 14.9. The molecular weight excluding hydrogens is 280 g/mol. The molecule has 0 aromatic heterocycles. The fourth-order valence-corrected chi connectivity index (χ4v) is 3.43. The van der Waals surface area contributed by atoms with E-state index in [0.717, 1.165) is 49.2 Å². The minimum atomic E-state index is 0.699. The van der Waals surface area contributed by atoms with Crippen LogP contribution in [0.5, 0.6) is 11.5 Å². The Kier molecular flexibility index (Phi) is 6.18. The fraction of sp³-hybridized carbons (Fsp3) is 0.600. The zero-order valence-electron chi connectivity index (χ0n) is 11.4. The summed E-state index contributed by atoms with van der Waals surface area (Å²) in [5.41, 5.74) is 0. The van der Waals surface area contributed by atoms with Crippen molar-refractivity contribution in [2.24, 2.45) is 5.92 Å². The molecule has 0 amide bonds. The molecular formula is C15H21ClO2S. The van der Waals surface area contributed by atoms with Gasteiger partial charge in [-0.1, -0.05) is 6.92 Å². The molecule has 1 aliphatic heterocycles. The monoisotopic (exact) mass is 300 g/mol. The summed E-state index contributed by atoms with van der Waals surface area (Å²) in [5, 5.41) is 0. The van der Waals surface area contributed by atoms with Crippen molar-refractivity contribution < 1.29 is 9.47 Å². The van der Waals surface area contributed by atoms with Gasteiger partial charge in [0.1, 0.15) is 0 Å². The Bertz CT molecular complexity index is 398. The summed E-state index contributed by atoms with van der Waals surface area (Å²) in [6.45, 7) is 3.75. The van der Waals surface area contributed by atoms with E-state index in [1.165, 1.54) is 11.3 Å². The van der Waals surface area contributed by atoms with E-state index in [9.17, 15) is 0 Å². The van der Waals surface area contributed by atoms with Crippen LogP contribution in [0.3, 0.4) is 0 Å². The van der Waals surface area contributed by atoms with E-state index in [1.54, 1.807) is 0 Å². The third kappa shape index (κ3) is 4.81. The molecule has 1 atom stereocenters. The number of rotatable bonds is 6. The molecule has 1 aliphatic rings. The average Bonchev–Trinajstić information content (AvgIpc) is 2.63. The molecule has 0 fully saturated rings. The van der Waals surface area contributed by atoms with Crippen LogP contribution in [-0.4, -0.2) is 24.8 Å². The van der Waals surface area contributed by atoms with Gasteiger partial charge < -0.3 is 9.47 Å². The molecule has 106 valence electrons. The Morgan fingerprint density at radius 1 is 1.21 bits per heavy atom. The van der Waals surface area contributed by atoms with Gasteiger partial charge in [0.05, 0.1) is 13.2 Å². The summed E-state index contributed by atoms with van der Waals surface area (Å²) in [6.07, 6.45) is 3.25. The smallest absolute Gasteiger partial charge is 0.162 e. The summed E-state index contributed by atoms with van der Waals surface area (Å²) < 4.78 is 11.3. The van der Waals surface area contributed by atoms with E-state index in [-0.39, 0.29) is 0 Å². The summed E-state index contributed by atoms with van der Waals surface area (Å²) in [4.78, 5) is 1.25. The molecule has 1 unspecified atom stereocenters. The highest BCUT2D eigenvalue weighted by molar-refractivity contribution is 7.99. The van der Waals surface area contributed by atoms with Gasteiger partial charge in [0.25, 0.3) is 0 Å². The van der Waals surface area contributed by atoms with Crippen molar-refractivity contribution in [3.8, 4) is 11.5 Å². The van der Waals surface area contributed by atoms with Gasteiger partial charge >= 0.3 is 0 Å². The van der Waals surface area contributed by atoms with E-state index >= 15 is 0 Å². The largest absolute Gasteiger partial charge is 0.490 e. The zero-order valence-corrected chi connectivity index (χ0v) is 12.9. The molecule has 0 N–H and O–H groups in total. The first-order valence-electron chi connectivity index (χ1n) is 6.88. The number of benzene rings is 1. The van der Waals surface area contributed by atoms with Crippen LogP contribution < -0.4 is 9.47 Å². The Hall–Kier alpha value is -0.540. The molecule has 0 bridgehead atoms. The number of hydrogen-bond acceptors (Lipinski definition) is 3. The standard InChI is InChI=1S/C15H21ClO2S/c1-12(5-7-16)6-10-19-13-3-4-14-15(11-13)18-9-2-8-17-14/h3-4,11-12H,2,5-10H2,1H3. The molecule has 2 rings (SSSR count). The van der Waals surface area contributed by atoms with Gasteiger partial charge in [0.2, 0.25) is 0 Å². The zero-order chi connectivity index (χ0) is 13.5. The van der Waals surface area contributed by atoms with Gasteiger partial charge in [-0.25, -0.2) is 0 Å². The van der Waals surface area contributed by atoms with E-state index in [2.05, 4.69) is 19.1 Å². The summed E-state index contributed by atoms with van der Waals surface area (Å²) >= 11 is 7.63. The van der Waals surface area contributed by atoms with E-state index in [1.807, 2.05) is 17.8 Å². The van der Waals surface area contributed by atoms with E-state index in [4.69, 9.17) is 21.1 Å². The van der Waals surface area contributed by atoms with Crippen LogP contribution in [0.2, 0.25) is 0 Å². The molecule has 0 saturated heterocycles. The highest BCUT2D eigenvalue weighted by Crippen LogP contribution is 2.34. The predicted molar refractivity (Wildman–Crippen MR) is 81.9 cm³/mol. The first-order chi connectivity index (χ1) is 9.29. The summed E-state index contributed by atoms with van der Waals surface area (Å²) in [7, 11) is 0. The Morgan fingerprint density at radius 3 is 2.79 bits per heavy atom. The molecule has 19 heavy (non-hydrogen) atoms. The summed E-state index contributed by atoms with van der Waals surface area (Å²) in [5.74, 6) is 4.34. The number of ether oxygens (including phenoxy) is 2. The van der Waals surface area contributed by atoms with Crippen LogP contribution >= 0.6 is 23.4 Å². The van der Waals surface area contributed by atoms with Gasteiger partial charge in [-0.05, 0) is 42.7 Å². The average molecular weight is 301 g/mol. The topological polar surface area (TPSA) is 18.5 Å². The van der Waals surface area contributed by atoms with Crippen molar-refractivity contribution in [1.29, 1.82) is 0 Å². The molecule has 1 aromatic carbocycles. The minimum absolute atomic E-state index is 0.699. The van der Waals surface area contributed by atoms with Crippen LogP contribution in [0, 0.1) is 5.92 Å². The Balaban J connectivity index is 1.86. The maximum Gasteiger partial charge on any atom is 0.162 e.